The van der Waals surface area contributed by atoms with Crippen LogP contribution in [0.25, 0.3) is 10.9 Å². The van der Waals surface area contributed by atoms with Gasteiger partial charge in [-0.3, -0.25) is 4.79 Å². The Kier molecular flexibility index (Phi) is 6.46. The van der Waals surface area contributed by atoms with Gasteiger partial charge in [0.25, 0.3) is 0 Å². The molecule has 0 saturated heterocycles. The number of benzene rings is 3. The number of carboxylic acid groups (broad SMARTS) is 1. The molecule has 0 amide bonds. The third kappa shape index (κ3) is 5.14. The molecule has 5 N–H and O–H groups in total. The molecule has 34 heavy (non-hydrogen) atoms. The lowest BCUT2D eigenvalue weighted by atomic mass is 9.95. The molecule has 0 fully saturated rings. The number of nitrogens with two attached hydrogens (primary N) is 1. The van der Waals surface area contributed by atoms with Gasteiger partial charge < -0.3 is 20.9 Å². The zero-order valence-corrected chi connectivity index (χ0v) is 19.7. The van der Waals surface area contributed by atoms with Crippen molar-refractivity contribution >= 4 is 39.9 Å². The summed E-state index contributed by atoms with van der Waals surface area (Å²) in [4.78, 5) is 19.0. The average Bonchev–Trinajstić information content (AvgIpc) is 3.10. The highest BCUT2D eigenvalue weighted by Gasteiger charge is 2.20. The van der Waals surface area contributed by atoms with Gasteiger partial charge in [-0.1, -0.05) is 48.0 Å². The summed E-state index contributed by atoms with van der Waals surface area (Å²) >= 11 is 6.16. The lowest BCUT2D eigenvalue weighted by Crippen LogP contribution is -2.28. The Labute approximate surface area is 202 Å². The number of aryl methyl sites for hydroxylation is 1. The lowest BCUT2D eigenvalue weighted by molar-refractivity contribution is -0.136. The van der Waals surface area contributed by atoms with Gasteiger partial charge in [0.05, 0.1) is 22.5 Å². The van der Waals surface area contributed by atoms with E-state index < -0.39 is 11.5 Å². The van der Waals surface area contributed by atoms with Crippen LogP contribution in [-0.4, -0.2) is 26.9 Å². The first kappa shape index (κ1) is 23.5. The number of aromatic amines is 1. The van der Waals surface area contributed by atoms with E-state index in [1.54, 1.807) is 12.1 Å². The second-order valence-corrected chi connectivity index (χ2v) is 9.30. The summed E-state index contributed by atoms with van der Waals surface area (Å²) in [5.74, 6) is -0.881. The van der Waals surface area contributed by atoms with Crippen molar-refractivity contribution in [2.45, 2.75) is 32.2 Å². The van der Waals surface area contributed by atoms with E-state index in [0.717, 1.165) is 22.1 Å². The van der Waals surface area contributed by atoms with Gasteiger partial charge in [0.1, 0.15) is 0 Å². The van der Waals surface area contributed by atoms with Crippen LogP contribution in [0.4, 0.5) is 5.69 Å². The summed E-state index contributed by atoms with van der Waals surface area (Å²) in [7, 11) is 0. The number of hydrogen-bond acceptors (Lipinski definition) is 4. The first-order valence-electron chi connectivity index (χ1n) is 10.9. The number of hydrogen-bond donors (Lipinski definition) is 4. The molecule has 3 aromatic carbocycles. The minimum atomic E-state index is -0.855. The third-order valence-electron chi connectivity index (χ3n) is 5.64. The highest BCUT2D eigenvalue weighted by atomic mass is 35.5. The summed E-state index contributed by atoms with van der Waals surface area (Å²) in [5, 5.41) is 21.3. The number of fused-ring (bicyclic) bond motifs is 1. The molecule has 4 rings (SSSR count). The second kappa shape index (κ2) is 9.33. The van der Waals surface area contributed by atoms with E-state index in [4.69, 9.17) is 27.4 Å². The van der Waals surface area contributed by atoms with Crippen LogP contribution in [0.15, 0.2) is 71.7 Å². The van der Waals surface area contributed by atoms with E-state index in [1.807, 2.05) is 68.4 Å². The van der Waals surface area contributed by atoms with E-state index >= 15 is 0 Å². The molecule has 0 saturated carbocycles. The van der Waals surface area contributed by atoms with Crippen LogP contribution < -0.4 is 5.73 Å². The highest BCUT2D eigenvalue weighted by Crippen LogP contribution is 2.33. The molecule has 7 heteroatoms. The Morgan fingerprint density at radius 2 is 1.85 bits per heavy atom. The lowest BCUT2D eigenvalue weighted by Gasteiger charge is -2.19. The van der Waals surface area contributed by atoms with Gasteiger partial charge in [-0.05, 0) is 61.7 Å². The summed E-state index contributed by atoms with van der Waals surface area (Å²) in [6, 6.07) is 20.6. The number of aliphatic imine (C=N–C) groups is 1. The molecular weight excluding hydrogens is 450 g/mol. The smallest absolute Gasteiger partial charge is 0.303 e. The van der Waals surface area contributed by atoms with Gasteiger partial charge in [0.15, 0.2) is 5.88 Å². The summed E-state index contributed by atoms with van der Waals surface area (Å²) in [6.07, 6.45) is 0.420. The van der Waals surface area contributed by atoms with E-state index in [9.17, 15) is 9.90 Å². The zero-order valence-electron chi connectivity index (χ0n) is 19.0. The SMILES string of the molecule is CC(C)(N)c1cccc(N=C(c2cccc(CCC(=O)O)c2)c2c(O)[nH]c3cc(Cl)ccc23)c1. The van der Waals surface area contributed by atoms with Crippen molar-refractivity contribution in [3.8, 4) is 5.88 Å². The zero-order chi connectivity index (χ0) is 24.5. The molecule has 174 valence electrons. The number of nitrogens with zero attached hydrogens (tertiary/aromatic N) is 1. The van der Waals surface area contributed by atoms with Crippen LogP contribution in [0, 0.1) is 0 Å². The Bertz CT molecular complexity index is 1400. The number of aliphatic carboxylic acids is 1. The molecule has 1 heterocycles. The van der Waals surface area contributed by atoms with Crippen molar-refractivity contribution in [2.75, 3.05) is 0 Å². The highest BCUT2D eigenvalue weighted by molar-refractivity contribution is 6.31. The maximum Gasteiger partial charge on any atom is 0.303 e. The molecule has 1 aromatic heterocycles. The van der Waals surface area contributed by atoms with Crippen molar-refractivity contribution in [1.82, 2.24) is 4.98 Å². The van der Waals surface area contributed by atoms with Crippen molar-refractivity contribution in [3.05, 3.63) is 94.0 Å². The van der Waals surface area contributed by atoms with E-state index in [1.165, 1.54) is 0 Å². The van der Waals surface area contributed by atoms with Crippen LogP contribution in [0.3, 0.4) is 0 Å². The minimum absolute atomic E-state index is 0.0257. The van der Waals surface area contributed by atoms with Crippen LogP contribution in [0.5, 0.6) is 5.88 Å². The number of rotatable bonds is 7. The van der Waals surface area contributed by atoms with Crippen molar-refractivity contribution in [1.29, 1.82) is 0 Å². The largest absolute Gasteiger partial charge is 0.494 e. The normalized spacial score (nSPS) is 12.3. The Morgan fingerprint density at radius 1 is 1.09 bits per heavy atom. The second-order valence-electron chi connectivity index (χ2n) is 8.87. The number of nitrogens with one attached hydrogen (secondary N) is 1. The van der Waals surface area contributed by atoms with Crippen LogP contribution in [0.1, 0.15) is 42.5 Å². The van der Waals surface area contributed by atoms with Crippen molar-refractivity contribution in [2.24, 2.45) is 10.7 Å². The molecule has 4 aromatic rings. The number of aromatic nitrogens is 1. The third-order valence-corrected chi connectivity index (χ3v) is 5.87. The maximum absolute atomic E-state index is 11.1. The summed E-state index contributed by atoms with van der Waals surface area (Å²) in [6.45, 7) is 3.86. The molecule has 0 spiro atoms. The van der Waals surface area contributed by atoms with Gasteiger partial charge in [-0.25, -0.2) is 4.99 Å². The number of aromatic hydroxyl groups is 1. The first-order chi connectivity index (χ1) is 16.1. The number of carbonyl (C=O) groups is 1. The molecule has 0 aliphatic carbocycles. The molecule has 0 atom stereocenters. The van der Waals surface area contributed by atoms with Crippen LogP contribution in [-0.2, 0) is 16.8 Å². The molecular formula is C27H26ClN3O3. The van der Waals surface area contributed by atoms with Crippen LogP contribution in [0.2, 0.25) is 5.02 Å². The molecule has 0 unspecified atom stereocenters. The van der Waals surface area contributed by atoms with Crippen molar-refractivity contribution in [3.63, 3.8) is 0 Å². The molecule has 0 radical (unpaired) electrons. The predicted octanol–water partition coefficient (Wildman–Crippen LogP) is 5.91. The quantitative estimate of drug-likeness (QED) is 0.249. The van der Waals surface area contributed by atoms with Crippen LogP contribution >= 0.6 is 11.6 Å². The molecule has 0 bridgehead atoms. The van der Waals surface area contributed by atoms with Gasteiger partial charge >= 0.3 is 5.97 Å². The number of halogens is 1. The van der Waals surface area contributed by atoms with Gasteiger partial charge in [-0.2, -0.15) is 0 Å². The summed E-state index contributed by atoms with van der Waals surface area (Å²) in [5.41, 5.74) is 10.8. The average molecular weight is 476 g/mol. The fourth-order valence-corrected chi connectivity index (χ4v) is 4.06. The topological polar surface area (TPSA) is 112 Å². The van der Waals surface area contributed by atoms with E-state index in [0.29, 0.717) is 33.9 Å². The van der Waals surface area contributed by atoms with Crippen molar-refractivity contribution < 1.29 is 15.0 Å². The summed E-state index contributed by atoms with van der Waals surface area (Å²) < 4.78 is 0. The van der Waals surface area contributed by atoms with Gasteiger partial charge in [-0.15, -0.1) is 0 Å². The van der Waals surface area contributed by atoms with E-state index in [-0.39, 0.29) is 12.3 Å². The standard InChI is InChI=1S/C27H26ClN3O3/c1-27(2,29)18-7-4-8-20(14-18)30-25(17-6-3-5-16(13-17)9-12-23(32)33)24-21-11-10-19(28)15-22(21)31-26(24)34/h3-8,10-11,13-15,31,34H,9,12,29H2,1-2H3,(H,32,33). The Balaban J connectivity index is 1.92. The predicted molar refractivity (Wildman–Crippen MR) is 136 cm³/mol. The minimum Gasteiger partial charge on any atom is -0.494 e. The number of H-pyrrole nitrogens is 1. The van der Waals surface area contributed by atoms with Gasteiger partial charge in [0.2, 0.25) is 0 Å². The first-order valence-corrected chi connectivity index (χ1v) is 11.3. The molecule has 0 aliphatic heterocycles. The fraction of sp³-hybridized carbons (Fsp3) is 0.185. The Morgan fingerprint density at radius 3 is 2.59 bits per heavy atom. The van der Waals surface area contributed by atoms with E-state index in [2.05, 4.69) is 4.98 Å². The van der Waals surface area contributed by atoms with Gasteiger partial charge in [0, 0.05) is 27.9 Å². The molecule has 6 nitrogen and oxygen atoms in total. The fourth-order valence-electron chi connectivity index (χ4n) is 3.89. The molecule has 0 aliphatic rings. The number of carboxylic acids is 1. The monoisotopic (exact) mass is 475 g/mol. The Hall–Kier alpha value is -3.61. The maximum atomic E-state index is 11.1.